The molecule has 2 aliphatic heterocycles. The number of hydrogen-bond acceptors (Lipinski definition) is 3. The minimum Gasteiger partial charge on any atom is -0.369 e. The van der Waals surface area contributed by atoms with Gasteiger partial charge < -0.3 is 10.1 Å². The van der Waals surface area contributed by atoms with Gasteiger partial charge in [0.15, 0.2) is 0 Å². The van der Waals surface area contributed by atoms with Gasteiger partial charge in [-0.3, -0.25) is 0 Å². The highest BCUT2D eigenvalue weighted by Gasteiger charge is 2.53. The van der Waals surface area contributed by atoms with Crippen molar-refractivity contribution in [3.63, 3.8) is 0 Å². The first-order chi connectivity index (χ1) is 9.20. The topological polar surface area (TPSA) is 21.3 Å². The van der Waals surface area contributed by atoms with Crippen LogP contribution < -0.4 is 5.32 Å². The molecule has 0 bridgehead atoms. The van der Waals surface area contributed by atoms with Crippen molar-refractivity contribution in [2.45, 2.75) is 89.2 Å². The van der Waals surface area contributed by atoms with Crippen LogP contribution in [0.2, 0.25) is 0 Å². The Kier molecular flexibility index (Phi) is 4.83. The molecule has 0 radical (unpaired) electrons. The summed E-state index contributed by atoms with van der Waals surface area (Å²) in [6.07, 6.45) is 5.07. The van der Waals surface area contributed by atoms with E-state index in [-0.39, 0.29) is 11.2 Å². The largest absolute Gasteiger partial charge is 0.369 e. The molecule has 118 valence electrons. The fraction of sp³-hybridized carbons (Fsp3) is 1.00. The summed E-state index contributed by atoms with van der Waals surface area (Å²) in [5.41, 5.74) is -0.0129. The fourth-order valence-electron chi connectivity index (χ4n) is 4.25. The van der Waals surface area contributed by atoms with Crippen molar-refractivity contribution in [2.24, 2.45) is 5.92 Å². The number of nitrogens with one attached hydrogen (secondary N) is 1. The molecule has 2 saturated heterocycles. The van der Waals surface area contributed by atoms with E-state index in [1.165, 1.54) is 25.0 Å². The summed E-state index contributed by atoms with van der Waals surface area (Å²) in [5, 5.41) is 3.89. The predicted octanol–water partition coefficient (Wildman–Crippen LogP) is 4.23. The van der Waals surface area contributed by atoms with Crippen LogP contribution in [0, 0.1) is 5.92 Å². The standard InChI is InChI=1S/C17H33NOS/c1-7-10-18-14(17(6)9-8-11-20-17)13-12-15(2,3)19-16(13,4)5/h13-14,18H,7-12H2,1-6H3. The van der Waals surface area contributed by atoms with Crippen LogP contribution in [0.25, 0.3) is 0 Å². The maximum Gasteiger partial charge on any atom is 0.0678 e. The highest BCUT2D eigenvalue weighted by atomic mass is 32.2. The SMILES string of the molecule is CCCNC(C1CC(C)(C)OC1(C)C)C1(C)CCCS1. The third-order valence-corrected chi connectivity index (χ3v) is 6.68. The van der Waals surface area contributed by atoms with E-state index in [1.54, 1.807) is 0 Å². The second kappa shape index (κ2) is 5.81. The van der Waals surface area contributed by atoms with Gasteiger partial charge in [0.1, 0.15) is 0 Å². The quantitative estimate of drug-likeness (QED) is 0.820. The smallest absolute Gasteiger partial charge is 0.0678 e. The lowest BCUT2D eigenvalue weighted by Crippen LogP contribution is -2.54. The van der Waals surface area contributed by atoms with E-state index in [0.29, 0.717) is 16.7 Å². The van der Waals surface area contributed by atoms with Crippen molar-refractivity contribution in [1.29, 1.82) is 0 Å². The van der Waals surface area contributed by atoms with Crippen molar-refractivity contribution >= 4 is 11.8 Å². The molecule has 1 N–H and O–H groups in total. The maximum atomic E-state index is 6.37. The Morgan fingerprint density at radius 2 is 1.95 bits per heavy atom. The van der Waals surface area contributed by atoms with Gasteiger partial charge in [-0.1, -0.05) is 6.92 Å². The lowest BCUT2D eigenvalue weighted by molar-refractivity contribution is -0.0787. The minimum absolute atomic E-state index is 0.0138. The van der Waals surface area contributed by atoms with Crippen LogP contribution in [0.5, 0.6) is 0 Å². The summed E-state index contributed by atoms with van der Waals surface area (Å²) in [7, 11) is 0. The van der Waals surface area contributed by atoms with Gasteiger partial charge in [0.2, 0.25) is 0 Å². The number of ether oxygens (including phenoxy) is 1. The van der Waals surface area contributed by atoms with Crippen LogP contribution >= 0.6 is 11.8 Å². The molecular formula is C17H33NOS. The molecule has 0 aromatic heterocycles. The molecule has 0 saturated carbocycles. The van der Waals surface area contributed by atoms with Gasteiger partial charge in [-0.2, -0.15) is 11.8 Å². The molecule has 3 atom stereocenters. The Hall–Kier alpha value is 0.270. The Morgan fingerprint density at radius 1 is 1.25 bits per heavy atom. The zero-order chi connectivity index (χ0) is 15.0. The Bertz CT molecular complexity index is 334. The van der Waals surface area contributed by atoms with E-state index in [2.05, 4.69) is 58.6 Å². The van der Waals surface area contributed by atoms with Crippen LogP contribution in [0.15, 0.2) is 0 Å². The second-order valence-corrected chi connectivity index (χ2v) is 9.60. The third-order valence-electron chi connectivity index (χ3n) is 5.07. The van der Waals surface area contributed by atoms with Crippen molar-refractivity contribution in [3.05, 3.63) is 0 Å². The molecule has 2 aliphatic rings. The normalized spacial score (nSPS) is 37.2. The van der Waals surface area contributed by atoms with E-state index >= 15 is 0 Å². The fourth-order valence-corrected chi connectivity index (χ4v) is 5.72. The monoisotopic (exact) mass is 299 g/mol. The lowest BCUT2D eigenvalue weighted by atomic mass is 9.75. The molecule has 2 nitrogen and oxygen atoms in total. The van der Waals surface area contributed by atoms with Crippen molar-refractivity contribution in [1.82, 2.24) is 5.32 Å². The van der Waals surface area contributed by atoms with Crippen LogP contribution in [-0.2, 0) is 4.74 Å². The molecular weight excluding hydrogens is 266 g/mol. The van der Waals surface area contributed by atoms with Gasteiger partial charge in [0, 0.05) is 16.7 Å². The van der Waals surface area contributed by atoms with Crippen molar-refractivity contribution < 1.29 is 4.74 Å². The van der Waals surface area contributed by atoms with E-state index < -0.39 is 0 Å². The molecule has 20 heavy (non-hydrogen) atoms. The predicted molar refractivity (Wildman–Crippen MR) is 89.5 cm³/mol. The molecule has 0 aromatic carbocycles. The first kappa shape index (κ1) is 16.6. The summed E-state index contributed by atoms with van der Waals surface area (Å²) >= 11 is 2.17. The highest BCUT2D eigenvalue weighted by molar-refractivity contribution is 8.00. The van der Waals surface area contributed by atoms with Crippen molar-refractivity contribution in [2.75, 3.05) is 12.3 Å². The summed E-state index contributed by atoms with van der Waals surface area (Å²) in [6, 6.07) is 0.562. The van der Waals surface area contributed by atoms with E-state index in [0.717, 1.165) is 13.0 Å². The molecule has 0 aliphatic carbocycles. The second-order valence-electron chi connectivity index (χ2n) is 7.97. The number of thioether (sulfide) groups is 1. The Balaban J connectivity index is 2.22. The molecule has 3 heteroatoms. The number of hydrogen-bond donors (Lipinski definition) is 1. The van der Waals surface area contributed by atoms with Gasteiger partial charge in [0.05, 0.1) is 11.2 Å². The summed E-state index contributed by atoms with van der Waals surface area (Å²) in [6.45, 7) is 14.9. The molecule has 2 rings (SSSR count). The summed E-state index contributed by atoms with van der Waals surface area (Å²) in [4.78, 5) is 0. The molecule has 2 fully saturated rings. The van der Waals surface area contributed by atoms with E-state index in [1.807, 2.05) is 0 Å². The maximum absolute atomic E-state index is 6.37. The third kappa shape index (κ3) is 3.36. The van der Waals surface area contributed by atoms with Crippen molar-refractivity contribution in [3.8, 4) is 0 Å². The van der Waals surface area contributed by atoms with E-state index in [9.17, 15) is 0 Å². The average Bonchev–Trinajstić information content (AvgIpc) is 2.82. The molecule has 2 heterocycles. The number of rotatable bonds is 5. The Morgan fingerprint density at radius 3 is 2.40 bits per heavy atom. The molecule has 3 unspecified atom stereocenters. The van der Waals surface area contributed by atoms with E-state index in [4.69, 9.17) is 4.74 Å². The summed E-state index contributed by atoms with van der Waals surface area (Å²) < 4.78 is 6.74. The minimum atomic E-state index is -0.0267. The first-order valence-corrected chi connectivity index (χ1v) is 9.26. The van der Waals surface area contributed by atoms with Gasteiger partial charge in [0.25, 0.3) is 0 Å². The lowest BCUT2D eigenvalue weighted by Gasteiger charge is -2.42. The first-order valence-electron chi connectivity index (χ1n) is 8.28. The average molecular weight is 300 g/mol. The molecule has 0 aromatic rings. The van der Waals surface area contributed by atoms with Crippen LogP contribution in [0.4, 0.5) is 0 Å². The van der Waals surface area contributed by atoms with Gasteiger partial charge in [-0.25, -0.2) is 0 Å². The summed E-state index contributed by atoms with van der Waals surface area (Å²) in [5.74, 6) is 1.91. The van der Waals surface area contributed by atoms with Crippen LogP contribution in [-0.4, -0.2) is 34.3 Å². The van der Waals surface area contributed by atoms with Gasteiger partial charge in [-0.05, 0) is 72.6 Å². The molecule has 0 spiro atoms. The van der Waals surface area contributed by atoms with Crippen LogP contribution in [0.1, 0.15) is 67.2 Å². The van der Waals surface area contributed by atoms with Gasteiger partial charge in [-0.15, -0.1) is 0 Å². The highest BCUT2D eigenvalue weighted by Crippen LogP contribution is 2.50. The Labute approximate surface area is 129 Å². The zero-order valence-corrected chi connectivity index (χ0v) is 15.0. The van der Waals surface area contributed by atoms with Crippen LogP contribution in [0.3, 0.4) is 0 Å². The zero-order valence-electron chi connectivity index (χ0n) is 14.2. The van der Waals surface area contributed by atoms with Gasteiger partial charge >= 0.3 is 0 Å². The molecule has 0 amide bonds.